The Balaban J connectivity index is 1.78. The molecular weight excluding hydrogens is 268 g/mol. The van der Waals surface area contributed by atoms with Crippen LogP contribution in [-0.4, -0.2) is 29.2 Å². The number of carboxylic acids is 1. The van der Waals surface area contributed by atoms with Gasteiger partial charge in [-0.2, -0.15) is 0 Å². The standard InChI is InChI=1S/C16H16N2O3/c1-18-15(16(19)20)13-9-12(7-8-14(13)17-18)21-10-11-5-3-2-4-6-11/h2-9,14,17H,10H2,1H3,(H,19,20). The van der Waals surface area contributed by atoms with Gasteiger partial charge >= 0.3 is 5.97 Å². The molecule has 0 amide bonds. The Morgan fingerprint density at radius 1 is 1.38 bits per heavy atom. The topological polar surface area (TPSA) is 61.8 Å². The van der Waals surface area contributed by atoms with E-state index in [2.05, 4.69) is 5.43 Å². The third-order valence-electron chi connectivity index (χ3n) is 3.48. The van der Waals surface area contributed by atoms with Crippen molar-refractivity contribution in [1.82, 2.24) is 10.4 Å². The fourth-order valence-electron chi connectivity index (χ4n) is 2.48. The van der Waals surface area contributed by atoms with Gasteiger partial charge in [0.15, 0.2) is 0 Å². The van der Waals surface area contributed by atoms with E-state index in [-0.39, 0.29) is 11.7 Å². The number of carboxylic acid groups (broad SMARTS) is 1. The first-order valence-corrected chi connectivity index (χ1v) is 6.69. The predicted octanol–water partition coefficient (Wildman–Crippen LogP) is 1.81. The van der Waals surface area contributed by atoms with Gasteiger partial charge in [0.05, 0.1) is 6.04 Å². The van der Waals surface area contributed by atoms with Crippen molar-refractivity contribution in [1.29, 1.82) is 0 Å². The number of hydrogen-bond donors (Lipinski definition) is 2. The molecular formula is C16H16N2O3. The number of benzene rings is 1. The molecule has 0 saturated carbocycles. The first kappa shape index (κ1) is 13.5. The molecule has 1 aliphatic carbocycles. The molecule has 5 nitrogen and oxygen atoms in total. The smallest absolute Gasteiger partial charge is 0.353 e. The highest BCUT2D eigenvalue weighted by Gasteiger charge is 2.32. The Morgan fingerprint density at radius 3 is 2.86 bits per heavy atom. The number of allylic oxidation sites excluding steroid dienone is 1. The van der Waals surface area contributed by atoms with Gasteiger partial charge in [0.2, 0.25) is 0 Å². The molecule has 1 aliphatic heterocycles. The molecule has 3 rings (SSSR count). The SMILES string of the molecule is CN1NC2C=CC(OCc3ccccc3)=CC2=C1C(=O)O. The van der Waals surface area contributed by atoms with E-state index < -0.39 is 5.97 Å². The first-order chi connectivity index (χ1) is 10.1. The number of likely N-dealkylation sites (N-methyl/N-ethyl adjacent to an activating group) is 1. The lowest BCUT2D eigenvalue weighted by Gasteiger charge is -2.16. The summed E-state index contributed by atoms with van der Waals surface area (Å²) in [7, 11) is 1.70. The second kappa shape index (κ2) is 5.46. The summed E-state index contributed by atoms with van der Waals surface area (Å²) in [5.74, 6) is -0.280. The Morgan fingerprint density at radius 2 is 2.14 bits per heavy atom. The molecule has 0 fully saturated rings. The number of fused-ring (bicyclic) bond motifs is 1. The van der Waals surface area contributed by atoms with E-state index in [4.69, 9.17) is 4.74 Å². The summed E-state index contributed by atoms with van der Waals surface area (Å²) in [6.07, 6.45) is 5.55. The van der Waals surface area contributed by atoms with E-state index in [1.165, 1.54) is 5.01 Å². The Bertz CT molecular complexity index is 647. The maximum absolute atomic E-state index is 11.3. The highest BCUT2D eigenvalue weighted by Crippen LogP contribution is 2.27. The van der Waals surface area contributed by atoms with Crippen LogP contribution in [0.15, 0.2) is 65.6 Å². The van der Waals surface area contributed by atoms with Crippen LogP contribution in [0.5, 0.6) is 0 Å². The van der Waals surface area contributed by atoms with Crippen molar-refractivity contribution in [2.75, 3.05) is 7.05 Å². The van der Waals surface area contributed by atoms with Crippen molar-refractivity contribution in [2.45, 2.75) is 12.6 Å². The Kier molecular flexibility index (Phi) is 3.50. The number of aliphatic carboxylic acids is 1. The average Bonchev–Trinajstić information content (AvgIpc) is 2.81. The molecule has 21 heavy (non-hydrogen) atoms. The van der Waals surface area contributed by atoms with Gasteiger partial charge in [-0.25, -0.2) is 10.2 Å². The van der Waals surface area contributed by atoms with Crippen LogP contribution in [0.4, 0.5) is 0 Å². The quantitative estimate of drug-likeness (QED) is 0.883. The fourth-order valence-corrected chi connectivity index (χ4v) is 2.48. The minimum Gasteiger partial charge on any atom is -0.489 e. The molecule has 108 valence electrons. The van der Waals surface area contributed by atoms with E-state index in [1.54, 1.807) is 13.1 Å². The molecule has 0 radical (unpaired) electrons. The second-order valence-corrected chi connectivity index (χ2v) is 4.95. The van der Waals surface area contributed by atoms with Gasteiger partial charge in [-0.1, -0.05) is 36.4 Å². The number of nitrogens with one attached hydrogen (secondary N) is 1. The molecule has 1 unspecified atom stereocenters. The monoisotopic (exact) mass is 284 g/mol. The molecule has 1 atom stereocenters. The van der Waals surface area contributed by atoms with Crippen LogP contribution in [0.1, 0.15) is 5.56 Å². The normalized spacial score (nSPS) is 20.3. The highest BCUT2D eigenvalue weighted by atomic mass is 16.5. The molecule has 0 bridgehead atoms. The van der Waals surface area contributed by atoms with E-state index in [0.717, 1.165) is 11.1 Å². The second-order valence-electron chi connectivity index (χ2n) is 4.95. The van der Waals surface area contributed by atoms with Crippen LogP contribution < -0.4 is 5.43 Å². The van der Waals surface area contributed by atoms with Crippen molar-refractivity contribution in [2.24, 2.45) is 0 Å². The molecule has 2 N–H and O–H groups in total. The molecule has 0 aromatic heterocycles. The van der Waals surface area contributed by atoms with E-state index in [9.17, 15) is 9.90 Å². The summed E-state index contributed by atoms with van der Waals surface area (Å²) in [4.78, 5) is 11.3. The molecule has 0 saturated heterocycles. The Hall–Kier alpha value is -2.53. The van der Waals surface area contributed by atoms with E-state index in [0.29, 0.717) is 12.4 Å². The molecule has 2 aliphatic rings. The van der Waals surface area contributed by atoms with Gasteiger partial charge in [-0.3, -0.25) is 0 Å². The zero-order valence-electron chi connectivity index (χ0n) is 11.6. The largest absolute Gasteiger partial charge is 0.489 e. The first-order valence-electron chi connectivity index (χ1n) is 6.69. The maximum Gasteiger partial charge on any atom is 0.353 e. The highest BCUT2D eigenvalue weighted by molar-refractivity contribution is 5.88. The summed E-state index contributed by atoms with van der Waals surface area (Å²) in [6.45, 7) is 0.459. The zero-order chi connectivity index (χ0) is 14.8. The van der Waals surface area contributed by atoms with Crippen molar-refractivity contribution in [3.63, 3.8) is 0 Å². The van der Waals surface area contributed by atoms with E-state index >= 15 is 0 Å². The maximum atomic E-state index is 11.3. The van der Waals surface area contributed by atoms with Gasteiger partial charge in [0, 0.05) is 12.6 Å². The lowest BCUT2D eigenvalue weighted by Crippen LogP contribution is -2.35. The van der Waals surface area contributed by atoms with Gasteiger partial charge in [-0.05, 0) is 17.7 Å². The Labute approximate surface area is 122 Å². The van der Waals surface area contributed by atoms with Crippen molar-refractivity contribution in [3.05, 3.63) is 71.2 Å². The lowest BCUT2D eigenvalue weighted by atomic mass is 10.0. The molecule has 1 aromatic rings. The van der Waals surface area contributed by atoms with Gasteiger partial charge < -0.3 is 14.9 Å². The minimum atomic E-state index is -0.948. The van der Waals surface area contributed by atoms with Crippen LogP contribution in [0.3, 0.4) is 0 Å². The van der Waals surface area contributed by atoms with E-state index in [1.807, 2.05) is 42.5 Å². The zero-order valence-corrected chi connectivity index (χ0v) is 11.6. The van der Waals surface area contributed by atoms with Crippen molar-refractivity contribution >= 4 is 5.97 Å². The number of hydrazine groups is 1. The van der Waals surface area contributed by atoms with Crippen LogP contribution in [0.25, 0.3) is 0 Å². The summed E-state index contributed by atoms with van der Waals surface area (Å²) in [6, 6.07) is 9.75. The average molecular weight is 284 g/mol. The molecule has 1 aromatic carbocycles. The molecule has 0 spiro atoms. The lowest BCUT2D eigenvalue weighted by molar-refractivity contribution is -0.134. The number of nitrogens with zero attached hydrogens (tertiary/aromatic N) is 1. The summed E-state index contributed by atoms with van der Waals surface area (Å²) < 4.78 is 5.74. The molecule has 1 heterocycles. The van der Waals surface area contributed by atoms with Gasteiger partial charge in [0.25, 0.3) is 0 Å². The number of rotatable bonds is 4. The fraction of sp³-hybridized carbons (Fsp3) is 0.188. The van der Waals surface area contributed by atoms with Crippen molar-refractivity contribution < 1.29 is 14.6 Å². The predicted molar refractivity (Wildman–Crippen MR) is 77.8 cm³/mol. The summed E-state index contributed by atoms with van der Waals surface area (Å²) >= 11 is 0. The number of carbonyl (C=O) groups is 1. The van der Waals surface area contributed by atoms with Crippen molar-refractivity contribution in [3.8, 4) is 0 Å². The third kappa shape index (κ3) is 2.68. The van der Waals surface area contributed by atoms with Crippen LogP contribution in [0, 0.1) is 0 Å². The number of ether oxygens (including phenoxy) is 1. The number of hydrogen-bond acceptors (Lipinski definition) is 4. The minimum absolute atomic E-state index is 0.106. The summed E-state index contributed by atoms with van der Waals surface area (Å²) in [5.41, 5.74) is 5.12. The van der Waals surface area contributed by atoms with Crippen LogP contribution in [-0.2, 0) is 16.1 Å². The van der Waals surface area contributed by atoms with Crippen LogP contribution >= 0.6 is 0 Å². The molecule has 5 heteroatoms. The van der Waals surface area contributed by atoms with Crippen LogP contribution in [0.2, 0.25) is 0 Å². The summed E-state index contributed by atoms with van der Waals surface area (Å²) in [5, 5.41) is 10.8. The van der Waals surface area contributed by atoms with Gasteiger partial charge in [0.1, 0.15) is 18.1 Å². The van der Waals surface area contributed by atoms with Gasteiger partial charge in [-0.15, -0.1) is 0 Å². The third-order valence-corrected chi connectivity index (χ3v) is 3.48.